The average Bonchev–Trinajstić information content (AvgIpc) is 2.57. The van der Waals surface area contributed by atoms with Crippen molar-refractivity contribution in [1.29, 1.82) is 0 Å². The number of rotatable bonds is 3. The van der Waals surface area contributed by atoms with Crippen LogP contribution >= 0.6 is 0 Å². The van der Waals surface area contributed by atoms with Gasteiger partial charge in [0.15, 0.2) is 0 Å². The van der Waals surface area contributed by atoms with Gasteiger partial charge in [-0.1, -0.05) is 6.92 Å². The van der Waals surface area contributed by atoms with Gasteiger partial charge in [0.1, 0.15) is 17.9 Å². The lowest BCUT2D eigenvalue weighted by molar-refractivity contribution is -0.141. The number of carbonyl (C=O) groups excluding carboxylic acids is 1. The summed E-state index contributed by atoms with van der Waals surface area (Å²) in [6, 6.07) is 7.23. The summed E-state index contributed by atoms with van der Waals surface area (Å²) in [5, 5.41) is 3.19. The number of methoxy groups -OCH3 is 1. The van der Waals surface area contributed by atoms with Gasteiger partial charge in [0.2, 0.25) is 0 Å². The van der Waals surface area contributed by atoms with Gasteiger partial charge >= 0.3 is 5.97 Å². The first-order chi connectivity index (χ1) is 8.11. The third kappa shape index (κ3) is 2.35. The Morgan fingerprint density at radius 2 is 1.88 bits per heavy atom. The number of carbonyl (C=O) groups is 1. The number of esters is 1. The van der Waals surface area contributed by atoms with Crippen LogP contribution in [0.25, 0.3) is 0 Å². The van der Waals surface area contributed by atoms with E-state index in [9.17, 15) is 4.79 Å². The maximum Gasteiger partial charge on any atom is 0.329 e. The predicted molar refractivity (Wildman–Crippen MR) is 65.1 cm³/mol. The average molecular weight is 235 g/mol. The second-order valence-corrected chi connectivity index (χ2v) is 4.35. The van der Waals surface area contributed by atoms with Crippen molar-refractivity contribution in [3.63, 3.8) is 0 Å². The highest BCUT2D eigenvalue weighted by Gasteiger charge is 2.39. The molecule has 1 aromatic carbocycles. The number of hydrogen-bond acceptors (Lipinski definition) is 4. The molecule has 92 valence electrons. The van der Waals surface area contributed by atoms with Crippen LogP contribution in [0.1, 0.15) is 13.8 Å². The van der Waals surface area contributed by atoms with Crippen LogP contribution in [-0.4, -0.2) is 25.2 Å². The van der Waals surface area contributed by atoms with Crippen molar-refractivity contribution in [3.8, 4) is 5.75 Å². The smallest absolute Gasteiger partial charge is 0.329 e. The first-order valence-corrected chi connectivity index (χ1v) is 5.73. The predicted octanol–water partition coefficient (Wildman–Crippen LogP) is 2.06. The van der Waals surface area contributed by atoms with Crippen LogP contribution in [-0.2, 0) is 9.53 Å². The summed E-state index contributed by atoms with van der Waals surface area (Å²) < 4.78 is 10.3. The van der Waals surface area contributed by atoms with E-state index in [1.807, 2.05) is 38.1 Å². The Balaban J connectivity index is 2.07. The zero-order valence-electron chi connectivity index (χ0n) is 10.3. The van der Waals surface area contributed by atoms with Crippen LogP contribution in [0.5, 0.6) is 5.75 Å². The minimum Gasteiger partial charge on any atom is -0.497 e. The lowest BCUT2D eigenvalue weighted by Crippen LogP contribution is -2.30. The first-order valence-electron chi connectivity index (χ1n) is 5.73. The fraction of sp³-hybridized carbons (Fsp3) is 0.462. The molecule has 17 heavy (non-hydrogen) atoms. The minimum absolute atomic E-state index is 0.0294. The van der Waals surface area contributed by atoms with Crippen LogP contribution < -0.4 is 10.1 Å². The Kier molecular flexibility index (Phi) is 3.22. The monoisotopic (exact) mass is 235 g/mol. The number of anilines is 1. The van der Waals surface area contributed by atoms with Crippen LogP contribution in [0.3, 0.4) is 0 Å². The molecule has 1 heterocycles. The van der Waals surface area contributed by atoms with E-state index >= 15 is 0 Å². The molecule has 0 aromatic heterocycles. The van der Waals surface area contributed by atoms with Crippen molar-refractivity contribution in [1.82, 2.24) is 0 Å². The van der Waals surface area contributed by atoms with Crippen molar-refractivity contribution in [2.75, 3.05) is 12.4 Å². The van der Waals surface area contributed by atoms with E-state index in [-0.39, 0.29) is 24.0 Å². The molecule has 1 aliphatic heterocycles. The van der Waals surface area contributed by atoms with E-state index in [0.29, 0.717) is 0 Å². The molecule has 4 nitrogen and oxygen atoms in total. The molecule has 3 atom stereocenters. The molecule has 1 saturated heterocycles. The van der Waals surface area contributed by atoms with Crippen molar-refractivity contribution in [3.05, 3.63) is 24.3 Å². The molecule has 0 saturated carbocycles. The maximum atomic E-state index is 11.6. The fourth-order valence-corrected chi connectivity index (χ4v) is 1.91. The summed E-state index contributed by atoms with van der Waals surface area (Å²) in [7, 11) is 1.63. The summed E-state index contributed by atoms with van der Waals surface area (Å²) in [5.41, 5.74) is 0.897. The van der Waals surface area contributed by atoms with E-state index in [0.717, 1.165) is 11.4 Å². The SMILES string of the molecule is COc1ccc(N[C@@H]2C(=O)O[C@@H](C)[C@@H]2C)cc1. The van der Waals surface area contributed by atoms with Gasteiger partial charge in [-0.15, -0.1) is 0 Å². The minimum atomic E-state index is -0.265. The molecule has 0 radical (unpaired) electrons. The number of nitrogens with one attached hydrogen (secondary N) is 1. The second-order valence-electron chi connectivity index (χ2n) is 4.35. The van der Waals surface area contributed by atoms with Gasteiger partial charge < -0.3 is 14.8 Å². The van der Waals surface area contributed by atoms with E-state index < -0.39 is 0 Å². The van der Waals surface area contributed by atoms with E-state index in [4.69, 9.17) is 9.47 Å². The van der Waals surface area contributed by atoms with Gasteiger partial charge in [-0.05, 0) is 31.2 Å². The highest BCUT2D eigenvalue weighted by molar-refractivity contribution is 5.82. The zero-order chi connectivity index (χ0) is 12.4. The Morgan fingerprint density at radius 1 is 1.24 bits per heavy atom. The number of ether oxygens (including phenoxy) is 2. The number of hydrogen-bond donors (Lipinski definition) is 1. The van der Waals surface area contributed by atoms with Crippen LogP contribution in [0.4, 0.5) is 5.69 Å². The molecular weight excluding hydrogens is 218 g/mol. The normalized spacial score (nSPS) is 27.7. The molecule has 1 aromatic rings. The van der Waals surface area contributed by atoms with Gasteiger partial charge in [-0.2, -0.15) is 0 Å². The molecule has 0 amide bonds. The third-order valence-corrected chi connectivity index (χ3v) is 3.23. The molecule has 2 rings (SSSR count). The molecule has 1 aliphatic rings. The van der Waals surface area contributed by atoms with Gasteiger partial charge in [-0.25, -0.2) is 4.79 Å². The topological polar surface area (TPSA) is 47.6 Å². The Morgan fingerprint density at radius 3 is 2.35 bits per heavy atom. The van der Waals surface area contributed by atoms with E-state index in [1.54, 1.807) is 7.11 Å². The van der Waals surface area contributed by atoms with Crippen molar-refractivity contribution in [2.45, 2.75) is 26.0 Å². The number of cyclic esters (lactones) is 1. The molecule has 1 fully saturated rings. The van der Waals surface area contributed by atoms with Gasteiger partial charge in [0.05, 0.1) is 7.11 Å². The highest BCUT2D eigenvalue weighted by Crippen LogP contribution is 2.25. The van der Waals surface area contributed by atoms with Gasteiger partial charge in [-0.3, -0.25) is 0 Å². The first kappa shape index (κ1) is 11.8. The lowest BCUT2D eigenvalue weighted by Gasteiger charge is -2.16. The summed E-state index contributed by atoms with van der Waals surface area (Å²) in [5.74, 6) is 0.788. The van der Waals surface area contributed by atoms with E-state index in [1.165, 1.54) is 0 Å². The maximum absolute atomic E-state index is 11.6. The van der Waals surface area contributed by atoms with Crippen LogP contribution in [0.2, 0.25) is 0 Å². The summed E-state index contributed by atoms with van der Waals surface area (Å²) >= 11 is 0. The van der Waals surface area contributed by atoms with Crippen LogP contribution in [0, 0.1) is 5.92 Å². The van der Waals surface area contributed by atoms with Crippen LogP contribution in [0.15, 0.2) is 24.3 Å². The fourth-order valence-electron chi connectivity index (χ4n) is 1.91. The van der Waals surface area contributed by atoms with Gasteiger partial charge in [0.25, 0.3) is 0 Å². The molecule has 0 spiro atoms. The Hall–Kier alpha value is -1.71. The lowest BCUT2D eigenvalue weighted by atomic mass is 10.00. The largest absolute Gasteiger partial charge is 0.497 e. The summed E-state index contributed by atoms with van der Waals surface area (Å²) in [6.45, 7) is 3.93. The molecule has 0 bridgehead atoms. The zero-order valence-corrected chi connectivity index (χ0v) is 10.3. The molecule has 0 unspecified atom stereocenters. The Labute approximate surface area is 101 Å². The van der Waals surface area contributed by atoms with Crippen molar-refractivity contribution < 1.29 is 14.3 Å². The molecule has 4 heteroatoms. The highest BCUT2D eigenvalue weighted by atomic mass is 16.6. The molecular formula is C13H17NO3. The van der Waals surface area contributed by atoms with Crippen molar-refractivity contribution >= 4 is 11.7 Å². The van der Waals surface area contributed by atoms with Gasteiger partial charge in [0, 0.05) is 11.6 Å². The summed E-state index contributed by atoms with van der Waals surface area (Å²) in [6.07, 6.45) is -0.0294. The summed E-state index contributed by atoms with van der Waals surface area (Å²) in [4.78, 5) is 11.6. The van der Waals surface area contributed by atoms with E-state index in [2.05, 4.69) is 5.32 Å². The molecule has 1 N–H and O–H groups in total. The quantitative estimate of drug-likeness (QED) is 0.815. The van der Waals surface area contributed by atoms with Crippen molar-refractivity contribution in [2.24, 2.45) is 5.92 Å². The second kappa shape index (κ2) is 4.65. The number of benzene rings is 1. The standard InChI is InChI=1S/C13H17NO3/c1-8-9(2)17-13(15)12(8)14-10-4-6-11(16-3)7-5-10/h4-9,12,14H,1-3H3/t8-,9-,12-/m0/s1. The Bertz CT molecular complexity index is 402. The third-order valence-electron chi connectivity index (χ3n) is 3.23. The molecule has 0 aliphatic carbocycles.